The lowest BCUT2D eigenvalue weighted by molar-refractivity contribution is -0.154. The summed E-state index contributed by atoms with van der Waals surface area (Å²) in [5.41, 5.74) is 4.70. The number of carbonyl (C=O) groups excluding carboxylic acids is 3. The molecule has 46 heavy (non-hydrogen) atoms. The average Bonchev–Trinajstić information content (AvgIpc) is 3.51. The maximum Gasteiger partial charge on any atom is 0.416 e. The number of aryl methyl sites for hydroxylation is 1. The molecular weight excluding hydrogens is 601 g/mol. The lowest BCUT2D eigenvalue weighted by Gasteiger charge is -2.63. The van der Waals surface area contributed by atoms with Gasteiger partial charge in [-0.1, -0.05) is 12.1 Å². The molecule has 13 heteroatoms. The van der Waals surface area contributed by atoms with Gasteiger partial charge in [0.25, 0.3) is 5.91 Å². The van der Waals surface area contributed by atoms with Crippen LogP contribution in [0, 0.1) is 11.3 Å². The van der Waals surface area contributed by atoms with Gasteiger partial charge in [-0.05, 0) is 80.0 Å². The highest BCUT2D eigenvalue weighted by atomic mass is 19.4. The molecule has 10 nitrogen and oxygen atoms in total. The third-order valence-electron chi connectivity index (χ3n) is 10.8. The first-order chi connectivity index (χ1) is 21.6. The molecule has 2 unspecified atom stereocenters. The Morgan fingerprint density at radius 3 is 2.48 bits per heavy atom. The molecule has 1 saturated heterocycles. The van der Waals surface area contributed by atoms with Crippen molar-refractivity contribution in [2.75, 3.05) is 18.0 Å². The van der Waals surface area contributed by atoms with Gasteiger partial charge in [-0.2, -0.15) is 13.2 Å². The fourth-order valence-corrected chi connectivity index (χ4v) is 8.39. The van der Waals surface area contributed by atoms with Crippen LogP contribution in [0.15, 0.2) is 42.7 Å². The van der Waals surface area contributed by atoms with E-state index in [0.29, 0.717) is 37.2 Å². The second-order valence-corrected chi connectivity index (χ2v) is 13.9. The summed E-state index contributed by atoms with van der Waals surface area (Å²) in [6.07, 6.45) is -1.05. The van der Waals surface area contributed by atoms with Gasteiger partial charge in [0.2, 0.25) is 5.91 Å². The number of benzene rings is 2. The quantitative estimate of drug-likeness (QED) is 0.418. The molecule has 0 radical (unpaired) electrons. The van der Waals surface area contributed by atoms with E-state index in [-0.39, 0.29) is 41.3 Å². The predicted molar refractivity (Wildman–Crippen MR) is 160 cm³/mol. The molecule has 3 fully saturated rings. The summed E-state index contributed by atoms with van der Waals surface area (Å²) in [4.78, 5) is 40.4. The topological polar surface area (TPSA) is 124 Å². The number of aromatic nitrogens is 3. The van der Waals surface area contributed by atoms with Gasteiger partial charge in [0.05, 0.1) is 17.5 Å². The van der Waals surface area contributed by atoms with E-state index in [1.807, 2.05) is 34.7 Å². The van der Waals surface area contributed by atoms with Crippen molar-refractivity contribution in [1.29, 1.82) is 0 Å². The zero-order valence-corrected chi connectivity index (χ0v) is 25.9. The number of alkyl halides is 3. The lowest BCUT2D eigenvalue weighted by Crippen LogP contribution is -2.68. The van der Waals surface area contributed by atoms with Crippen molar-refractivity contribution < 1.29 is 32.3 Å². The maximum absolute atomic E-state index is 14.4. The van der Waals surface area contributed by atoms with E-state index in [1.165, 1.54) is 4.90 Å². The molecule has 2 N–H and O–H groups in total. The fraction of sp³-hybridized carbons (Fsp3) is 0.485. The smallest absolute Gasteiger partial charge is 0.416 e. The van der Waals surface area contributed by atoms with E-state index in [9.17, 15) is 27.6 Å². The Labute approximate surface area is 263 Å². The van der Waals surface area contributed by atoms with Crippen LogP contribution in [0.5, 0.6) is 0 Å². The molecule has 1 spiro atoms. The van der Waals surface area contributed by atoms with Crippen molar-refractivity contribution in [3.8, 4) is 0 Å². The predicted octanol–water partition coefficient (Wildman–Crippen LogP) is 4.73. The zero-order chi connectivity index (χ0) is 32.8. The summed E-state index contributed by atoms with van der Waals surface area (Å²) in [5, 5.41) is 8.55. The number of rotatable bonds is 6. The second-order valence-electron chi connectivity index (χ2n) is 13.9. The number of primary amides is 1. The van der Waals surface area contributed by atoms with Crippen molar-refractivity contribution in [3.05, 3.63) is 76.4 Å². The summed E-state index contributed by atoms with van der Waals surface area (Å²) in [7, 11) is 1.87. The van der Waals surface area contributed by atoms with Crippen molar-refractivity contribution >= 4 is 23.6 Å². The molecule has 4 aliphatic rings. The number of ether oxygens (including phenoxy) is 1. The third-order valence-corrected chi connectivity index (χ3v) is 10.8. The van der Waals surface area contributed by atoms with Crippen LogP contribution in [0.4, 0.5) is 23.7 Å². The van der Waals surface area contributed by atoms with Gasteiger partial charge in [0, 0.05) is 49.6 Å². The number of halogens is 3. The largest absolute Gasteiger partial charge is 0.443 e. The van der Waals surface area contributed by atoms with Crippen molar-refractivity contribution in [1.82, 2.24) is 19.7 Å². The fourth-order valence-electron chi connectivity index (χ4n) is 8.39. The van der Waals surface area contributed by atoms with Crippen LogP contribution in [0.3, 0.4) is 0 Å². The van der Waals surface area contributed by atoms with Crippen LogP contribution >= 0.6 is 0 Å². The molecule has 2 aliphatic heterocycles. The molecule has 1 aromatic heterocycles. The van der Waals surface area contributed by atoms with Crippen molar-refractivity contribution in [2.45, 2.75) is 69.7 Å². The Hall–Kier alpha value is -4.42. The minimum Gasteiger partial charge on any atom is -0.443 e. The van der Waals surface area contributed by atoms with Crippen LogP contribution in [0.25, 0.3) is 0 Å². The highest BCUT2D eigenvalue weighted by molar-refractivity contribution is 6.10. The van der Waals surface area contributed by atoms with E-state index < -0.39 is 34.8 Å². The number of hydrogen-bond acceptors (Lipinski definition) is 6. The average molecular weight is 637 g/mol. The first-order valence-corrected chi connectivity index (χ1v) is 15.4. The number of anilines is 1. The van der Waals surface area contributed by atoms with E-state index >= 15 is 0 Å². The number of fused-ring (bicyclic) bond motifs is 1. The SMILES string of the molecule is CC(=O)N1CC2(C1)CC(c1cccc(N3Cc4c(cc(CC5CCC5(C)OC(N)=O)cc4C(F)(F)F)C3=O)c1)(c1nncn1C)C2. The van der Waals surface area contributed by atoms with Crippen molar-refractivity contribution in [2.24, 2.45) is 24.1 Å². The van der Waals surface area contributed by atoms with Crippen LogP contribution in [-0.2, 0) is 41.1 Å². The number of carbonyl (C=O) groups is 3. The third kappa shape index (κ3) is 4.65. The van der Waals surface area contributed by atoms with Crippen LogP contribution < -0.4 is 10.6 Å². The molecule has 2 aromatic carbocycles. The van der Waals surface area contributed by atoms with Crippen LogP contribution in [0.2, 0.25) is 0 Å². The Kier molecular flexibility index (Phi) is 6.60. The maximum atomic E-state index is 14.4. The highest BCUT2D eigenvalue weighted by Crippen LogP contribution is 2.62. The minimum atomic E-state index is -4.67. The minimum absolute atomic E-state index is 0.0245. The Balaban J connectivity index is 1.20. The number of hydrogen-bond donors (Lipinski definition) is 1. The lowest BCUT2D eigenvalue weighted by atomic mass is 9.47. The first kappa shape index (κ1) is 30.2. The van der Waals surface area contributed by atoms with E-state index in [1.54, 1.807) is 32.3 Å². The molecule has 242 valence electrons. The molecule has 3 aromatic rings. The first-order valence-electron chi connectivity index (χ1n) is 15.4. The summed E-state index contributed by atoms with van der Waals surface area (Å²) < 4.78 is 50.5. The number of amides is 3. The van der Waals surface area contributed by atoms with Gasteiger partial charge in [0.1, 0.15) is 17.8 Å². The number of nitrogens with two attached hydrogens (primary N) is 1. The van der Waals surface area contributed by atoms with Crippen LogP contribution in [0.1, 0.15) is 78.0 Å². The Morgan fingerprint density at radius 2 is 1.89 bits per heavy atom. The van der Waals surface area contributed by atoms with Crippen molar-refractivity contribution in [3.63, 3.8) is 0 Å². The normalized spacial score (nSPS) is 24.2. The molecular formula is C33H35F3N6O4. The molecule has 7 rings (SSSR count). The van der Waals surface area contributed by atoms with Gasteiger partial charge >= 0.3 is 12.3 Å². The van der Waals surface area contributed by atoms with E-state index in [0.717, 1.165) is 30.3 Å². The molecule has 2 aliphatic carbocycles. The second kappa shape index (κ2) is 10.0. The molecule has 0 bridgehead atoms. The number of nitrogens with zero attached hydrogens (tertiary/aromatic N) is 5. The Bertz CT molecular complexity index is 1770. The van der Waals surface area contributed by atoms with Gasteiger partial charge < -0.3 is 24.8 Å². The molecule has 2 saturated carbocycles. The highest BCUT2D eigenvalue weighted by Gasteiger charge is 2.63. The van der Waals surface area contributed by atoms with Crippen LogP contribution in [-0.4, -0.2) is 56.3 Å². The summed E-state index contributed by atoms with van der Waals surface area (Å²) in [6, 6.07) is 10.1. The molecule has 3 heterocycles. The Morgan fingerprint density at radius 1 is 1.15 bits per heavy atom. The van der Waals surface area contributed by atoms with Gasteiger partial charge in [-0.25, -0.2) is 4.79 Å². The van der Waals surface area contributed by atoms with E-state index in [2.05, 4.69) is 10.2 Å². The van der Waals surface area contributed by atoms with Gasteiger partial charge in [-0.15, -0.1) is 10.2 Å². The summed E-state index contributed by atoms with van der Waals surface area (Å²) >= 11 is 0. The molecule has 2 atom stereocenters. The summed E-state index contributed by atoms with van der Waals surface area (Å²) in [5.74, 6) is 0.0835. The van der Waals surface area contributed by atoms with Gasteiger partial charge in [0.15, 0.2) is 0 Å². The number of likely N-dealkylation sites (tertiary alicyclic amines) is 1. The standard InChI is InChI=1S/C33H35F3N6O4/c1-19(43)41-16-31(17-41)14-32(15-31,28-39-38-18-40(28)3)22-5-4-6-23(12-22)42-13-25-24(27(42)44)10-20(11-26(25)33(34,35)36)9-21-7-8-30(21,2)46-29(37)45/h4-6,10-12,18,21H,7-9,13-17H2,1-3H3,(H2,37,45). The zero-order valence-electron chi connectivity index (χ0n) is 25.9. The monoisotopic (exact) mass is 636 g/mol. The van der Waals surface area contributed by atoms with Gasteiger partial charge in [-0.3, -0.25) is 9.59 Å². The summed E-state index contributed by atoms with van der Waals surface area (Å²) in [6.45, 7) is 4.41. The van der Waals surface area contributed by atoms with E-state index in [4.69, 9.17) is 10.5 Å². The molecule has 3 amide bonds.